The molecule has 0 saturated carbocycles. The zero-order valence-corrected chi connectivity index (χ0v) is 8.41. The molecule has 0 unspecified atom stereocenters. The predicted molar refractivity (Wildman–Crippen MR) is 51.4 cm³/mol. The number of carbonyl (C=O) groups is 1. The van der Waals surface area contributed by atoms with Gasteiger partial charge in [-0.2, -0.15) is 0 Å². The Morgan fingerprint density at radius 2 is 2.36 bits per heavy atom. The minimum atomic E-state index is -0.286. The average Bonchev–Trinajstić information content (AvgIpc) is 2.17. The summed E-state index contributed by atoms with van der Waals surface area (Å²) in [6.45, 7) is -0.332. The first kappa shape index (κ1) is 11.1. The fraction of sp³-hybridized carbons (Fsp3) is 0.333. The highest BCUT2D eigenvalue weighted by atomic mass is 35.5. The molecule has 5 heteroatoms. The molecular formula is C9H10ClNO3. The lowest BCUT2D eigenvalue weighted by molar-refractivity contribution is 0.0844. The summed E-state index contributed by atoms with van der Waals surface area (Å²) >= 11 is 5.76. The maximum Gasteiger partial charge on any atom is 0.190 e. The van der Waals surface area contributed by atoms with Crippen molar-refractivity contribution in [1.82, 2.24) is 4.98 Å². The van der Waals surface area contributed by atoms with Crippen molar-refractivity contribution in [2.75, 3.05) is 13.7 Å². The van der Waals surface area contributed by atoms with Crippen LogP contribution in [0.5, 0.6) is 0 Å². The highest BCUT2D eigenvalue weighted by Gasteiger charge is 2.13. The number of methoxy groups -OCH3 is 1. The Hall–Kier alpha value is -0.970. The van der Waals surface area contributed by atoms with Crippen molar-refractivity contribution in [2.45, 2.75) is 6.61 Å². The minimum absolute atomic E-state index is 0.0466. The molecule has 1 aromatic rings. The van der Waals surface area contributed by atoms with Gasteiger partial charge in [0.25, 0.3) is 0 Å². The van der Waals surface area contributed by atoms with Crippen molar-refractivity contribution in [3.63, 3.8) is 0 Å². The summed E-state index contributed by atoms with van der Waals surface area (Å²) < 4.78 is 4.70. The topological polar surface area (TPSA) is 59.4 Å². The van der Waals surface area contributed by atoms with Crippen LogP contribution in [-0.4, -0.2) is 29.6 Å². The standard InChI is InChI=1S/C9H10ClNO3/c1-14-5-9(13)6-2-11-3-8(10)7(6)4-12/h2-3,12H,4-5H2,1H3. The van der Waals surface area contributed by atoms with E-state index in [1.807, 2.05) is 0 Å². The van der Waals surface area contributed by atoms with Gasteiger partial charge in [-0.1, -0.05) is 11.6 Å². The molecular weight excluding hydrogens is 206 g/mol. The predicted octanol–water partition coefficient (Wildman–Crippen LogP) is 1.06. The number of aromatic nitrogens is 1. The largest absolute Gasteiger partial charge is 0.392 e. The number of halogens is 1. The number of ether oxygens (including phenoxy) is 1. The number of hydrogen-bond donors (Lipinski definition) is 1. The molecule has 0 spiro atoms. The summed E-state index contributed by atoms with van der Waals surface area (Å²) in [6.07, 6.45) is 2.76. The molecule has 0 fully saturated rings. The summed E-state index contributed by atoms with van der Waals surface area (Å²) in [7, 11) is 1.43. The molecule has 0 atom stereocenters. The molecule has 0 aliphatic heterocycles. The van der Waals surface area contributed by atoms with Crippen molar-refractivity contribution in [3.8, 4) is 0 Å². The Labute approximate surface area is 86.5 Å². The molecule has 4 nitrogen and oxygen atoms in total. The van der Waals surface area contributed by atoms with Crippen LogP contribution in [-0.2, 0) is 11.3 Å². The van der Waals surface area contributed by atoms with Crippen LogP contribution in [0.4, 0.5) is 0 Å². The van der Waals surface area contributed by atoms with Crippen molar-refractivity contribution in [2.24, 2.45) is 0 Å². The van der Waals surface area contributed by atoms with Gasteiger partial charge in [-0.3, -0.25) is 9.78 Å². The average molecular weight is 216 g/mol. The van der Waals surface area contributed by atoms with Crippen molar-refractivity contribution < 1.29 is 14.6 Å². The van der Waals surface area contributed by atoms with Crippen molar-refractivity contribution >= 4 is 17.4 Å². The highest BCUT2D eigenvalue weighted by molar-refractivity contribution is 6.31. The molecule has 0 aromatic carbocycles. The summed E-state index contributed by atoms with van der Waals surface area (Å²) in [5, 5.41) is 9.30. The first-order chi connectivity index (χ1) is 6.70. The number of aliphatic hydroxyl groups excluding tert-OH is 1. The Balaban J connectivity index is 3.07. The van der Waals surface area contributed by atoms with E-state index >= 15 is 0 Å². The minimum Gasteiger partial charge on any atom is -0.392 e. The van der Waals surface area contributed by atoms with Gasteiger partial charge in [0.15, 0.2) is 5.78 Å². The smallest absolute Gasteiger partial charge is 0.190 e. The number of aliphatic hydroxyl groups is 1. The Morgan fingerprint density at radius 3 is 2.93 bits per heavy atom. The monoisotopic (exact) mass is 215 g/mol. The normalized spacial score (nSPS) is 10.2. The number of hydrogen-bond acceptors (Lipinski definition) is 4. The van der Waals surface area contributed by atoms with Gasteiger partial charge in [-0.05, 0) is 0 Å². The third-order valence-electron chi connectivity index (χ3n) is 1.74. The Bertz CT molecular complexity index is 341. The Kier molecular flexibility index (Phi) is 4.00. The number of carbonyl (C=O) groups excluding carboxylic acids is 1. The van der Waals surface area contributed by atoms with Crippen LogP contribution in [0.2, 0.25) is 5.02 Å². The summed E-state index contributed by atoms with van der Waals surface area (Å²) in [6, 6.07) is 0. The van der Waals surface area contributed by atoms with E-state index in [1.165, 1.54) is 19.5 Å². The van der Waals surface area contributed by atoms with Gasteiger partial charge in [-0.25, -0.2) is 0 Å². The maximum atomic E-state index is 11.4. The van der Waals surface area contributed by atoms with E-state index < -0.39 is 0 Å². The first-order valence-corrected chi connectivity index (χ1v) is 4.34. The van der Waals surface area contributed by atoms with Gasteiger partial charge in [0, 0.05) is 30.6 Å². The van der Waals surface area contributed by atoms with Gasteiger partial charge < -0.3 is 9.84 Å². The lowest BCUT2D eigenvalue weighted by Gasteiger charge is -2.06. The van der Waals surface area contributed by atoms with Crippen LogP contribution in [0, 0.1) is 0 Å². The van der Waals surface area contributed by atoms with Crippen LogP contribution >= 0.6 is 11.6 Å². The lowest BCUT2D eigenvalue weighted by atomic mass is 10.1. The zero-order valence-electron chi connectivity index (χ0n) is 7.66. The molecule has 0 amide bonds. The van der Waals surface area contributed by atoms with E-state index in [4.69, 9.17) is 21.4 Å². The molecule has 1 heterocycles. The van der Waals surface area contributed by atoms with E-state index in [1.54, 1.807) is 0 Å². The fourth-order valence-electron chi connectivity index (χ4n) is 1.07. The van der Waals surface area contributed by atoms with E-state index in [-0.39, 0.29) is 24.0 Å². The van der Waals surface area contributed by atoms with E-state index in [0.717, 1.165) is 0 Å². The second kappa shape index (κ2) is 5.05. The summed E-state index contributed by atoms with van der Waals surface area (Å²) in [5.74, 6) is -0.244. The molecule has 0 aliphatic carbocycles. The molecule has 1 aromatic heterocycles. The van der Waals surface area contributed by atoms with Gasteiger partial charge in [0.1, 0.15) is 6.61 Å². The number of rotatable bonds is 4. The molecule has 1 N–H and O–H groups in total. The third-order valence-corrected chi connectivity index (χ3v) is 2.06. The lowest BCUT2D eigenvalue weighted by Crippen LogP contribution is -2.11. The number of nitrogens with zero attached hydrogens (tertiary/aromatic N) is 1. The molecule has 0 radical (unpaired) electrons. The van der Waals surface area contributed by atoms with Gasteiger partial charge in [-0.15, -0.1) is 0 Å². The molecule has 0 saturated heterocycles. The second-order valence-corrected chi connectivity index (χ2v) is 3.07. The molecule has 76 valence electrons. The van der Waals surface area contributed by atoms with Crippen LogP contribution < -0.4 is 0 Å². The molecule has 0 bridgehead atoms. The van der Waals surface area contributed by atoms with Gasteiger partial charge in [0.2, 0.25) is 0 Å². The van der Waals surface area contributed by atoms with Gasteiger partial charge in [0.05, 0.1) is 11.6 Å². The number of Topliss-reactive ketones (excluding diaryl/α,β-unsaturated/α-hetero) is 1. The van der Waals surface area contributed by atoms with Crippen LogP contribution in [0.25, 0.3) is 0 Å². The number of ketones is 1. The summed E-state index contributed by atoms with van der Waals surface area (Å²) in [4.78, 5) is 15.2. The maximum absolute atomic E-state index is 11.4. The fourth-order valence-corrected chi connectivity index (χ4v) is 1.29. The van der Waals surface area contributed by atoms with Crippen LogP contribution in [0.1, 0.15) is 15.9 Å². The first-order valence-electron chi connectivity index (χ1n) is 3.96. The molecule has 1 rings (SSSR count). The van der Waals surface area contributed by atoms with E-state index in [0.29, 0.717) is 11.1 Å². The van der Waals surface area contributed by atoms with Crippen LogP contribution in [0.15, 0.2) is 12.4 Å². The molecule has 14 heavy (non-hydrogen) atoms. The quantitative estimate of drug-likeness (QED) is 0.763. The Morgan fingerprint density at radius 1 is 1.64 bits per heavy atom. The SMILES string of the molecule is COCC(=O)c1cncc(Cl)c1CO. The van der Waals surface area contributed by atoms with Crippen molar-refractivity contribution in [1.29, 1.82) is 0 Å². The second-order valence-electron chi connectivity index (χ2n) is 2.66. The zero-order chi connectivity index (χ0) is 10.6. The third kappa shape index (κ3) is 2.29. The van der Waals surface area contributed by atoms with E-state index in [2.05, 4.69) is 4.98 Å². The van der Waals surface area contributed by atoms with E-state index in [9.17, 15) is 4.79 Å². The highest BCUT2D eigenvalue weighted by Crippen LogP contribution is 2.18. The summed E-state index contributed by atoms with van der Waals surface area (Å²) in [5.41, 5.74) is 0.700. The van der Waals surface area contributed by atoms with Crippen molar-refractivity contribution in [3.05, 3.63) is 28.5 Å². The van der Waals surface area contributed by atoms with Crippen LogP contribution in [0.3, 0.4) is 0 Å². The molecule has 0 aliphatic rings. The van der Waals surface area contributed by atoms with Gasteiger partial charge >= 0.3 is 0 Å². The number of pyridine rings is 1.